The molecule has 32 heavy (non-hydrogen) atoms. The zero-order chi connectivity index (χ0) is 22.7. The molecular weight excluding hydrogens is 426 g/mol. The van der Waals surface area contributed by atoms with E-state index in [4.69, 9.17) is 16.3 Å². The highest BCUT2D eigenvalue weighted by Crippen LogP contribution is 2.27. The van der Waals surface area contributed by atoms with E-state index >= 15 is 0 Å². The molecule has 3 aromatic rings. The van der Waals surface area contributed by atoms with Crippen molar-refractivity contribution in [3.63, 3.8) is 0 Å². The highest BCUT2D eigenvalue weighted by molar-refractivity contribution is 6.30. The third-order valence-electron chi connectivity index (χ3n) is 5.32. The first kappa shape index (κ1) is 21.6. The summed E-state index contributed by atoms with van der Waals surface area (Å²) in [6.07, 6.45) is 1.83. The number of hydrazone groups is 1. The van der Waals surface area contributed by atoms with Crippen molar-refractivity contribution in [3.8, 4) is 5.75 Å². The van der Waals surface area contributed by atoms with Gasteiger partial charge in [0.05, 0.1) is 7.11 Å². The Morgan fingerprint density at radius 2 is 1.81 bits per heavy atom. The van der Waals surface area contributed by atoms with Gasteiger partial charge in [0.1, 0.15) is 5.75 Å². The average molecular weight is 449 g/mol. The lowest BCUT2D eigenvalue weighted by molar-refractivity contribution is -0.596. The summed E-state index contributed by atoms with van der Waals surface area (Å²) in [4.78, 5) is 25.8. The van der Waals surface area contributed by atoms with Crippen LogP contribution in [0.5, 0.6) is 5.75 Å². The number of nitrogens with one attached hydrogen (secondary N) is 2. The number of hydrogen-bond donors (Lipinski definition) is 2. The van der Waals surface area contributed by atoms with Crippen molar-refractivity contribution in [2.75, 3.05) is 7.11 Å². The number of benzene rings is 3. The molecule has 4 rings (SSSR count). The normalized spacial score (nSPS) is 19.0. The molecule has 1 aliphatic rings. The number of carbonyl (C=O) groups excluding carboxylic acids is 2. The van der Waals surface area contributed by atoms with E-state index in [1.165, 1.54) is 0 Å². The van der Waals surface area contributed by atoms with E-state index in [0.29, 0.717) is 10.6 Å². The van der Waals surface area contributed by atoms with Crippen molar-refractivity contribution in [1.29, 1.82) is 0 Å². The Hall–Kier alpha value is -3.64. The van der Waals surface area contributed by atoms with Gasteiger partial charge in [-0.1, -0.05) is 41.4 Å². The van der Waals surface area contributed by atoms with Gasteiger partial charge in [-0.3, -0.25) is 9.59 Å². The fourth-order valence-corrected chi connectivity index (χ4v) is 3.83. The van der Waals surface area contributed by atoms with E-state index < -0.39 is 12.1 Å². The van der Waals surface area contributed by atoms with Crippen molar-refractivity contribution >= 4 is 29.6 Å². The van der Waals surface area contributed by atoms with Crippen LogP contribution in [0.1, 0.15) is 33.1 Å². The monoisotopic (exact) mass is 448 g/mol. The number of aryl methyl sites for hydroxylation is 1. The molecule has 0 aliphatic carbocycles. The Morgan fingerprint density at radius 1 is 1.09 bits per heavy atom. The van der Waals surface area contributed by atoms with E-state index in [-0.39, 0.29) is 11.8 Å². The molecule has 1 saturated heterocycles. The van der Waals surface area contributed by atoms with Gasteiger partial charge in [-0.25, -0.2) is 0 Å². The van der Waals surface area contributed by atoms with Crippen LogP contribution in [0.25, 0.3) is 0 Å². The molecule has 1 heterocycles. The molecule has 1 aliphatic heterocycles. The molecule has 0 unspecified atom stereocenters. The van der Waals surface area contributed by atoms with Gasteiger partial charge < -0.3 is 10.1 Å². The van der Waals surface area contributed by atoms with Crippen LogP contribution in [0, 0.1) is 6.92 Å². The van der Waals surface area contributed by atoms with E-state index in [2.05, 4.69) is 10.7 Å². The molecule has 0 saturated carbocycles. The van der Waals surface area contributed by atoms with Crippen LogP contribution >= 0.6 is 11.6 Å². The molecule has 1 fully saturated rings. The van der Waals surface area contributed by atoms with Gasteiger partial charge >= 0.3 is 5.91 Å². The summed E-state index contributed by atoms with van der Waals surface area (Å²) in [5.74, 6) is 0.139. The van der Waals surface area contributed by atoms with E-state index in [1.54, 1.807) is 36.1 Å². The maximum absolute atomic E-state index is 12.9. The molecule has 2 amide bonds. The molecule has 2 N–H and O–H groups in total. The quantitative estimate of drug-likeness (QED) is 0.585. The van der Waals surface area contributed by atoms with Gasteiger partial charge in [0.2, 0.25) is 12.3 Å². The largest absolute Gasteiger partial charge is 0.497 e. The Bertz CT molecular complexity index is 1170. The van der Waals surface area contributed by atoms with Crippen LogP contribution < -0.4 is 15.5 Å². The number of rotatable bonds is 5. The van der Waals surface area contributed by atoms with Gasteiger partial charge in [-0.15, -0.1) is 10.1 Å². The maximum Gasteiger partial charge on any atom is 0.304 e. The SMILES string of the molecule is COc1ccc(/C=[N+]2\NC(=O)[C@@H](NC(=O)c3cccc(C)c3)[C@H]2c2ccc(Cl)cc2)cc1. The Labute approximate surface area is 191 Å². The second kappa shape index (κ2) is 9.24. The number of amides is 2. The number of hydrazine groups is 1. The standard InChI is InChI=1S/C25H22ClN3O3/c1-16-4-3-5-19(14-16)24(30)27-22-23(18-8-10-20(26)11-9-18)29(28-25(22)31)15-17-6-12-21(32-2)13-7-17/h3-15,22-23H,1-2H3,(H-,27,28,30,31)/p+1/b29-15-/t22-,23+/m0/s1. The number of methoxy groups -OCH3 is 1. The first-order valence-electron chi connectivity index (χ1n) is 10.2. The summed E-state index contributed by atoms with van der Waals surface area (Å²) < 4.78 is 6.93. The fraction of sp³-hybridized carbons (Fsp3) is 0.160. The molecule has 0 bridgehead atoms. The molecule has 0 radical (unpaired) electrons. The van der Waals surface area contributed by atoms with Gasteiger partial charge in [0.15, 0.2) is 6.04 Å². The Balaban J connectivity index is 1.69. The van der Waals surface area contributed by atoms with Crippen molar-refractivity contribution in [1.82, 2.24) is 10.7 Å². The lowest BCUT2D eigenvalue weighted by Gasteiger charge is -2.15. The zero-order valence-electron chi connectivity index (χ0n) is 17.7. The number of carbonyl (C=O) groups is 2. The van der Waals surface area contributed by atoms with Crippen molar-refractivity contribution in [2.45, 2.75) is 19.0 Å². The summed E-state index contributed by atoms with van der Waals surface area (Å²) in [6.45, 7) is 1.92. The maximum atomic E-state index is 12.9. The lowest BCUT2D eigenvalue weighted by atomic mass is 9.99. The van der Waals surface area contributed by atoms with Crippen LogP contribution in [0.15, 0.2) is 72.8 Å². The first-order chi connectivity index (χ1) is 15.4. The topological polar surface area (TPSA) is 70.4 Å². The van der Waals surface area contributed by atoms with E-state index in [9.17, 15) is 9.59 Å². The minimum Gasteiger partial charge on any atom is -0.497 e. The summed E-state index contributed by atoms with van der Waals surface area (Å²) >= 11 is 6.07. The second-order valence-electron chi connectivity index (χ2n) is 7.60. The van der Waals surface area contributed by atoms with Gasteiger partial charge in [-0.05, 0) is 55.5 Å². The molecular formula is C25H23ClN3O3+. The summed E-state index contributed by atoms with van der Waals surface area (Å²) in [6, 6.07) is 20.7. The van der Waals surface area contributed by atoms with Gasteiger partial charge in [0.25, 0.3) is 5.91 Å². The van der Waals surface area contributed by atoms with Crippen molar-refractivity contribution in [2.24, 2.45) is 0 Å². The Morgan fingerprint density at radius 3 is 2.47 bits per heavy atom. The third kappa shape index (κ3) is 4.65. The van der Waals surface area contributed by atoms with Crippen LogP contribution in [0.4, 0.5) is 0 Å². The van der Waals surface area contributed by atoms with Crippen LogP contribution in [0.3, 0.4) is 0 Å². The van der Waals surface area contributed by atoms with Crippen LogP contribution in [-0.2, 0) is 4.79 Å². The van der Waals surface area contributed by atoms with Gasteiger partial charge in [0, 0.05) is 21.7 Å². The van der Waals surface area contributed by atoms with E-state index in [1.807, 2.05) is 61.7 Å². The highest BCUT2D eigenvalue weighted by atomic mass is 35.5. The molecule has 6 nitrogen and oxygen atoms in total. The van der Waals surface area contributed by atoms with E-state index in [0.717, 1.165) is 22.4 Å². The highest BCUT2D eigenvalue weighted by Gasteiger charge is 2.47. The van der Waals surface area contributed by atoms with Crippen molar-refractivity contribution < 1.29 is 19.0 Å². The third-order valence-corrected chi connectivity index (χ3v) is 5.57. The minimum atomic E-state index is -0.793. The molecule has 0 spiro atoms. The summed E-state index contributed by atoms with van der Waals surface area (Å²) in [5.41, 5.74) is 6.06. The first-order valence-corrected chi connectivity index (χ1v) is 10.5. The summed E-state index contributed by atoms with van der Waals surface area (Å²) in [7, 11) is 1.61. The zero-order valence-corrected chi connectivity index (χ0v) is 18.5. The lowest BCUT2D eigenvalue weighted by Crippen LogP contribution is -2.42. The average Bonchev–Trinajstić information content (AvgIpc) is 3.09. The van der Waals surface area contributed by atoms with Crippen molar-refractivity contribution in [3.05, 3.63) is 100 Å². The Kier molecular flexibility index (Phi) is 6.23. The minimum absolute atomic E-state index is 0.296. The molecule has 0 aromatic heterocycles. The molecule has 162 valence electrons. The molecule has 7 heteroatoms. The van der Waals surface area contributed by atoms with Crippen LogP contribution in [-0.4, -0.2) is 35.9 Å². The number of nitrogens with zero attached hydrogens (tertiary/aromatic N) is 1. The number of halogens is 1. The fourth-order valence-electron chi connectivity index (χ4n) is 3.70. The second-order valence-corrected chi connectivity index (χ2v) is 8.04. The molecule has 2 atom stereocenters. The molecule has 3 aromatic carbocycles. The predicted octanol–water partition coefficient (Wildman–Crippen LogP) is 3.67. The predicted molar refractivity (Wildman–Crippen MR) is 123 cm³/mol. The number of hydrogen-bond acceptors (Lipinski definition) is 3. The van der Waals surface area contributed by atoms with Gasteiger partial charge in [-0.2, -0.15) is 0 Å². The van der Waals surface area contributed by atoms with Crippen LogP contribution in [0.2, 0.25) is 5.02 Å². The smallest absolute Gasteiger partial charge is 0.304 e. The number of ether oxygens (including phenoxy) is 1. The summed E-state index contributed by atoms with van der Waals surface area (Å²) in [5, 5.41) is 3.50.